The van der Waals surface area contributed by atoms with Gasteiger partial charge in [0.2, 0.25) is 5.91 Å². The van der Waals surface area contributed by atoms with Crippen LogP contribution in [0.15, 0.2) is 48.7 Å². The molecule has 2 rings (SSSR count). The number of carbonyl (C=O) groups is 1. The molecule has 0 radical (unpaired) electrons. The molecular formula is C23H31N3O3. The van der Waals surface area contributed by atoms with Gasteiger partial charge in [-0.25, -0.2) is 0 Å². The summed E-state index contributed by atoms with van der Waals surface area (Å²) < 4.78 is 0. The number of nitro benzene ring substituents is 1. The Labute approximate surface area is 173 Å². The van der Waals surface area contributed by atoms with Crippen LogP contribution in [0.2, 0.25) is 0 Å². The standard InChI is InChI=1S/C23H31N3O3/c1-18(16-23(2,3)4)15-22(27)25(14-12-20-10-7-8-13-24-20)17-19-9-5-6-11-21(19)26(28)29/h5-11,13,18H,12,14-17H2,1-4H3. The van der Waals surface area contributed by atoms with Crippen LogP contribution in [0.5, 0.6) is 0 Å². The molecule has 1 unspecified atom stereocenters. The first-order chi connectivity index (χ1) is 13.7. The minimum Gasteiger partial charge on any atom is -0.338 e. The zero-order valence-electron chi connectivity index (χ0n) is 17.8. The smallest absolute Gasteiger partial charge is 0.274 e. The minimum absolute atomic E-state index is 0.0239. The number of nitro groups is 1. The second kappa shape index (κ2) is 10.1. The molecule has 1 atom stereocenters. The van der Waals surface area contributed by atoms with Gasteiger partial charge in [-0.05, 0) is 29.9 Å². The Morgan fingerprint density at radius 1 is 1.17 bits per heavy atom. The average molecular weight is 398 g/mol. The average Bonchev–Trinajstić information content (AvgIpc) is 2.64. The lowest BCUT2D eigenvalue weighted by Gasteiger charge is -2.27. The van der Waals surface area contributed by atoms with Crippen LogP contribution in [0.1, 0.15) is 51.8 Å². The van der Waals surface area contributed by atoms with Crippen LogP contribution >= 0.6 is 0 Å². The molecule has 0 bridgehead atoms. The molecule has 156 valence electrons. The summed E-state index contributed by atoms with van der Waals surface area (Å²) in [6, 6.07) is 12.3. The molecule has 6 nitrogen and oxygen atoms in total. The van der Waals surface area contributed by atoms with E-state index >= 15 is 0 Å². The van der Waals surface area contributed by atoms with E-state index in [1.165, 1.54) is 6.07 Å². The first-order valence-electron chi connectivity index (χ1n) is 10.1. The summed E-state index contributed by atoms with van der Waals surface area (Å²) >= 11 is 0. The summed E-state index contributed by atoms with van der Waals surface area (Å²) in [6.07, 6.45) is 3.72. The molecule has 0 aliphatic rings. The van der Waals surface area contributed by atoms with Crippen molar-refractivity contribution in [3.05, 3.63) is 70.0 Å². The van der Waals surface area contributed by atoms with Gasteiger partial charge in [0.25, 0.3) is 5.69 Å². The Hall–Kier alpha value is -2.76. The largest absolute Gasteiger partial charge is 0.338 e. The van der Waals surface area contributed by atoms with Crippen LogP contribution in [0, 0.1) is 21.4 Å². The molecule has 0 N–H and O–H groups in total. The van der Waals surface area contributed by atoms with Gasteiger partial charge in [0, 0.05) is 42.9 Å². The number of para-hydroxylation sites is 1. The summed E-state index contributed by atoms with van der Waals surface area (Å²) in [7, 11) is 0. The fourth-order valence-electron chi connectivity index (χ4n) is 3.66. The molecule has 0 saturated heterocycles. The van der Waals surface area contributed by atoms with Gasteiger partial charge in [0.15, 0.2) is 0 Å². The molecule has 1 aromatic heterocycles. The Morgan fingerprint density at radius 3 is 2.48 bits per heavy atom. The Bertz CT molecular complexity index is 816. The molecule has 0 saturated carbocycles. The normalized spacial score (nSPS) is 12.4. The highest BCUT2D eigenvalue weighted by Gasteiger charge is 2.23. The van der Waals surface area contributed by atoms with Gasteiger partial charge in [-0.1, -0.05) is 52.0 Å². The van der Waals surface area contributed by atoms with E-state index in [0.717, 1.165) is 12.1 Å². The van der Waals surface area contributed by atoms with Crippen molar-refractivity contribution in [2.24, 2.45) is 11.3 Å². The van der Waals surface area contributed by atoms with Crippen molar-refractivity contribution in [3.8, 4) is 0 Å². The summed E-state index contributed by atoms with van der Waals surface area (Å²) in [5.74, 6) is 0.265. The Kier molecular flexibility index (Phi) is 7.88. The third kappa shape index (κ3) is 7.64. The SMILES string of the molecule is CC(CC(=O)N(CCc1ccccn1)Cc1ccccc1[N+](=O)[O-])CC(C)(C)C. The van der Waals surface area contributed by atoms with Gasteiger partial charge in [0.05, 0.1) is 11.5 Å². The number of carbonyl (C=O) groups excluding carboxylic acids is 1. The third-order valence-electron chi connectivity index (χ3n) is 4.75. The molecule has 1 heterocycles. The molecule has 1 aromatic carbocycles. The molecule has 0 fully saturated rings. The van der Waals surface area contributed by atoms with E-state index in [4.69, 9.17) is 0 Å². The predicted octanol–water partition coefficient (Wildman–Crippen LogP) is 5.02. The van der Waals surface area contributed by atoms with Gasteiger partial charge < -0.3 is 4.90 Å². The summed E-state index contributed by atoms with van der Waals surface area (Å²) in [5, 5.41) is 11.4. The highest BCUT2D eigenvalue weighted by molar-refractivity contribution is 5.76. The van der Waals surface area contributed by atoms with Crippen LogP contribution in [-0.2, 0) is 17.8 Å². The lowest BCUT2D eigenvalue weighted by atomic mass is 9.84. The minimum atomic E-state index is -0.390. The van der Waals surface area contributed by atoms with Crippen molar-refractivity contribution in [1.29, 1.82) is 0 Å². The first-order valence-corrected chi connectivity index (χ1v) is 10.1. The van der Waals surface area contributed by atoms with E-state index in [-0.39, 0.29) is 34.4 Å². The van der Waals surface area contributed by atoms with Crippen molar-refractivity contribution in [3.63, 3.8) is 0 Å². The first kappa shape index (κ1) is 22.5. The molecule has 0 spiro atoms. The lowest BCUT2D eigenvalue weighted by molar-refractivity contribution is -0.385. The number of aromatic nitrogens is 1. The van der Waals surface area contributed by atoms with Crippen LogP contribution in [0.25, 0.3) is 0 Å². The Morgan fingerprint density at radius 2 is 1.86 bits per heavy atom. The van der Waals surface area contributed by atoms with Crippen LogP contribution in [-0.4, -0.2) is 27.3 Å². The topological polar surface area (TPSA) is 76.3 Å². The molecule has 6 heteroatoms. The maximum atomic E-state index is 13.1. The fourth-order valence-corrected chi connectivity index (χ4v) is 3.66. The quantitative estimate of drug-likeness (QED) is 0.439. The fraction of sp³-hybridized carbons (Fsp3) is 0.478. The van der Waals surface area contributed by atoms with Gasteiger partial charge in [-0.2, -0.15) is 0 Å². The van der Waals surface area contributed by atoms with Crippen molar-refractivity contribution in [2.75, 3.05) is 6.54 Å². The van der Waals surface area contributed by atoms with E-state index in [0.29, 0.717) is 24.9 Å². The van der Waals surface area contributed by atoms with Crippen LogP contribution in [0.4, 0.5) is 5.69 Å². The van der Waals surface area contributed by atoms with Crippen molar-refractivity contribution in [1.82, 2.24) is 9.88 Å². The maximum absolute atomic E-state index is 13.1. The zero-order chi connectivity index (χ0) is 21.4. The number of pyridine rings is 1. The van der Waals surface area contributed by atoms with E-state index in [9.17, 15) is 14.9 Å². The number of nitrogens with zero attached hydrogens (tertiary/aromatic N) is 3. The second-order valence-electron chi connectivity index (χ2n) is 8.85. The van der Waals surface area contributed by atoms with Crippen LogP contribution in [0.3, 0.4) is 0 Å². The van der Waals surface area contributed by atoms with Crippen LogP contribution < -0.4 is 0 Å². The molecular weight excluding hydrogens is 366 g/mol. The Balaban J connectivity index is 2.16. The maximum Gasteiger partial charge on any atom is 0.274 e. The van der Waals surface area contributed by atoms with Gasteiger partial charge in [-0.15, -0.1) is 0 Å². The van der Waals surface area contributed by atoms with Gasteiger partial charge in [0.1, 0.15) is 0 Å². The van der Waals surface area contributed by atoms with Crippen molar-refractivity contribution < 1.29 is 9.72 Å². The highest BCUT2D eigenvalue weighted by atomic mass is 16.6. The van der Waals surface area contributed by atoms with Gasteiger partial charge in [-0.3, -0.25) is 19.9 Å². The monoisotopic (exact) mass is 397 g/mol. The summed E-state index contributed by atoms with van der Waals surface area (Å²) in [4.78, 5) is 30.1. The number of hydrogen-bond donors (Lipinski definition) is 0. The molecule has 29 heavy (non-hydrogen) atoms. The van der Waals surface area contributed by atoms with Crippen molar-refractivity contribution >= 4 is 11.6 Å². The number of rotatable bonds is 9. The highest BCUT2D eigenvalue weighted by Crippen LogP contribution is 2.27. The summed E-state index contributed by atoms with van der Waals surface area (Å²) in [5.41, 5.74) is 1.65. The second-order valence-corrected chi connectivity index (χ2v) is 8.85. The third-order valence-corrected chi connectivity index (χ3v) is 4.75. The lowest BCUT2D eigenvalue weighted by Crippen LogP contribution is -2.34. The van der Waals surface area contributed by atoms with E-state index < -0.39 is 0 Å². The van der Waals surface area contributed by atoms with E-state index in [1.54, 1.807) is 29.3 Å². The van der Waals surface area contributed by atoms with E-state index in [1.807, 2.05) is 18.2 Å². The molecule has 0 aliphatic carbocycles. The molecule has 0 aliphatic heterocycles. The number of hydrogen-bond acceptors (Lipinski definition) is 4. The predicted molar refractivity (Wildman–Crippen MR) is 114 cm³/mol. The molecule has 2 aromatic rings. The van der Waals surface area contributed by atoms with Gasteiger partial charge >= 0.3 is 0 Å². The summed E-state index contributed by atoms with van der Waals surface area (Å²) in [6.45, 7) is 9.29. The van der Waals surface area contributed by atoms with E-state index in [2.05, 4.69) is 32.7 Å². The van der Waals surface area contributed by atoms with Crippen molar-refractivity contribution in [2.45, 2.75) is 53.5 Å². The number of amides is 1. The number of benzene rings is 1. The molecule has 1 amide bonds. The zero-order valence-corrected chi connectivity index (χ0v) is 17.8.